The van der Waals surface area contributed by atoms with Gasteiger partial charge in [0.2, 0.25) is 0 Å². The first-order valence-electron chi connectivity index (χ1n) is 9.06. The first kappa shape index (κ1) is 20.1. The number of halogens is 1. The summed E-state index contributed by atoms with van der Waals surface area (Å²) in [6, 6.07) is 8.18. The molecule has 1 aliphatic heterocycles. The van der Waals surface area contributed by atoms with Crippen molar-refractivity contribution in [3.05, 3.63) is 69.3 Å². The first-order valence-corrected chi connectivity index (χ1v) is 9.44. The quantitative estimate of drug-likeness (QED) is 0.491. The third kappa shape index (κ3) is 3.59. The van der Waals surface area contributed by atoms with Gasteiger partial charge in [-0.15, -0.1) is 0 Å². The molecule has 5 atom stereocenters. The van der Waals surface area contributed by atoms with Crippen molar-refractivity contribution in [3.8, 4) is 0 Å². The highest BCUT2D eigenvalue weighted by Gasteiger charge is 2.44. The van der Waals surface area contributed by atoms with Crippen molar-refractivity contribution in [2.45, 2.75) is 37.1 Å². The second-order valence-corrected chi connectivity index (χ2v) is 7.45. The van der Waals surface area contributed by atoms with Gasteiger partial charge in [0.1, 0.15) is 36.1 Å². The number of pyridine rings is 1. The Labute approximate surface area is 170 Å². The second kappa shape index (κ2) is 7.91. The zero-order valence-corrected chi connectivity index (χ0v) is 15.9. The van der Waals surface area contributed by atoms with E-state index < -0.39 is 37.1 Å². The lowest BCUT2D eigenvalue weighted by molar-refractivity contribution is -0.231. The Morgan fingerprint density at radius 2 is 1.86 bits per heavy atom. The molecule has 4 rings (SSSR count). The molecule has 4 N–H and O–H groups in total. The van der Waals surface area contributed by atoms with E-state index in [0.29, 0.717) is 27.1 Å². The van der Waals surface area contributed by atoms with E-state index in [1.165, 1.54) is 10.8 Å². The molecule has 1 fully saturated rings. The van der Waals surface area contributed by atoms with Crippen molar-refractivity contribution in [1.29, 1.82) is 0 Å². The number of nitrogens with zero attached hydrogens (tertiary/aromatic N) is 1. The van der Waals surface area contributed by atoms with Crippen molar-refractivity contribution in [2.24, 2.45) is 0 Å². The molecule has 1 aliphatic rings. The normalized spacial score (nSPS) is 27.4. The average Bonchev–Trinajstić information content (AvgIpc) is 3.20. The minimum atomic E-state index is -1.48. The smallest absolute Gasteiger partial charge is 0.262 e. The van der Waals surface area contributed by atoms with Crippen molar-refractivity contribution >= 4 is 22.6 Å². The molecule has 2 aromatic heterocycles. The summed E-state index contributed by atoms with van der Waals surface area (Å²) in [7, 11) is 0. The Morgan fingerprint density at radius 3 is 2.62 bits per heavy atom. The Hall–Kier alpha value is -2.20. The van der Waals surface area contributed by atoms with E-state index in [0.717, 1.165) is 0 Å². The third-order valence-corrected chi connectivity index (χ3v) is 5.59. The fraction of sp³-hybridized carbons (Fsp3) is 0.350. The van der Waals surface area contributed by atoms with Crippen LogP contribution in [0.5, 0.6) is 0 Å². The van der Waals surface area contributed by atoms with Gasteiger partial charge in [0.25, 0.3) is 5.56 Å². The molecule has 0 spiro atoms. The summed E-state index contributed by atoms with van der Waals surface area (Å²) in [4.78, 5) is 12.6. The van der Waals surface area contributed by atoms with Crippen LogP contribution < -0.4 is 5.56 Å². The highest BCUT2D eigenvalue weighted by atomic mass is 35.5. The SMILES string of the molecule is O=c1c2ccoc2ccn1Cc1cc([C@@H]2O[C@H](CO)[C@@H](O)[C@H](O)[C@@H]2O)ccc1Cl. The monoisotopic (exact) mass is 421 g/mol. The van der Waals surface area contributed by atoms with Gasteiger partial charge in [-0.2, -0.15) is 0 Å². The molecular weight excluding hydrogens is 402 g/mol. The summed E-state index contributed by atoms with van der Waals surface area (Å²) in [5.74, 6) is 0. The minimum Gasteiger partial charge on any atom is -0.464 e. The number of benzene rings is 1. The van der Waals surface area contributed by atoms with Crippen LogP contribution >= 0.6 is 11.6 Å². The number of fused-ring (bicyclic) bond motifs is 1. The fourth-order valence-electron chi connectivity index (χ4n) is 3.58. The molecule has 3 aromatic rings. The summed E-state index contributed by atoms with van der Waals surface area (Å²) >= 11 is 6.31. The Balaban J connectivity index is 1.67. The van der Waals surface area contributed by atoms with Crippen LogP contribution in [-0.2, 0) is 11.3 Å². The van der Waals surface area contributed by atoms with Crippen molar-refractivity contribution in [1.82, 2.24) is 4.57 Å². The number of aliphatic hydroxyl groups is 4. The molecule has 0 unspecified atom stereocenters. The van der Waals surface area contributed by atoms with E-state index in [9.17, 15) is 25.2 Å². The zero-order chi connectivity index (χ0) is 20.7. The van der Waals surface area contributed by atoms with Gasteiger partial charge >= 0.3 is 0 Å². The van der Waals surface area contributed by atoms with E-state index in [2.05, 4.69) is 0 Å². The predicted octanol–water partition coefficient (Wildman–Crippen LogP) is 0.811. The molecule has 154 valence electrons. The van der Waals surface area contributed by atoms with Gasteiger partial charge in [0, 0.05) is 11.2 Å². The van der Waals surface area contributed by atoms with Gasteiger partial charge in [-0.05, 0) is 35.4 Å². The molecule has 3 heterocycles. The van der Waals surface area contributed by atoms with E-state index in [4.69, 9.17) is 20.8 Å². The Kier molecular flexibility index (Phi) is 5.48. The predicted molar refractivity (Wildman–Crippen MR) is 104 cm³/mol. The largest absolute Gasteiger partial charge is 0.464 e. The average molecular weight is 422 g/mol. The molecule has 0 saturated carbocycles. The summed E-state index contributed by atoms with van der Waals surface area (Å²) in [5.41, 5.74) is 1.36. The second-order valence-electron chi connectivity index (χ2n) is 7.05. The molecule has 0 bridgehead atoms. The van der Waals surface area contributed by atoms with E-state index in [1.807, 2.05) is 0 Å². The van der Waals surface area contributed by atoms with Gasteiger partial charge in [-0.1, -0.05) is 17.7 Å². The van der Waals surface area contributed by atoms with Crippen LogP contribution in [-0.4, -0.2) is 56.0 Å². The van der Waals surface area contributed by atoms with Gasteiger partial charge < -0.3 is 34.1 Å². The maximum atomic E-state index is 12.6. The van der Waals surface area contributed by atoms with Gasteiger partial charge in [0.15, 0.2) is 0 Å². The van der Waals surface area contributed by atoms with Crippen LogP contribution in [0, 0.1) is 0 Å². The van der Waals surface area contributed by atoms with Crippen LogP contribution in [0.2, 0.25) is 5.02 Å². The van der Waals surface area contributed by atoms with Gasteiger partial charge in [-0.3, -0.25) is 4.79 Å². The van der Waals surface area contributed by atoms with Crippen molar-refractivity contribution in [3.63, 3.8) is 0 Å². The van der Waals surface area contributed by atoms with E-state index >= 15 is 0 Å². The molecule has 1 saturated heterocycles. The number of rotatable bonds is 4. The van der Waals surface area contributed by atoms with Crippen LogP contribution in [0.1, 0.15) is 17.2 Å². The molecule has 8 nitrogen and oxygen atoms in total. The van der Waals surface area contributed by atoms with Crippen LogP contribution in [0.15, 0.2) is 52.0 Å². The summed E-state index contributed by atoms with van der Waals surface area (Å²) in [5, 5.41) is 40.6. The molecule has 29 heavy (non-hydrogen) atoms. The standard InChI is InChI=1S/C20H20ClNO7/c21-13-2-1-10(19-18(26)17(25)16(24)15(9-23)29-19)7-11(13)8-22-5-3-14-12(20(22)27)4-6-28-14/h1-7,15-19,23-26H,8-9H2/t15-,16-,17+,18+,19+/m1/s1. The first-order chi connectivity index (χ1) is 13.9. The van der Waals surface area contributed by atoms with Gasteiger partial charge in [0.05, 0.1) is 24.8 Å². The number of furan rings is 1. The Morgan fingerprint density at radius 1 is 1.07 bits per heavy atom. The van der Waals surface area contributed by atoms with Crippen molar-refractivity contribution in [2.75, 3.05) is 6.61 Å². The summed E-state index contributed by atoms with van der Waals surface area (Å²) in [6.07, 6.45) is -3.24. The van der Waals surface area contributed by atoms with Gasteiger partial charge in [-0.25, -0.2) is 0 Å². The highest BCUT2D eigenvalue weighted by Crippen LogP contribution is 2.34. The number of ether oxygens (including phenoxy) is 1. The lowest BCUT2D eigenvalue weighted by Gasteiger charge is -2.40. The lowest BCUT2D eigenvalue weighted by atomic mass is 9.90. The number of hydrogen-bond donors (Lipinski definition) is 4. The van der Waals surface area contributed by atoms with E-state index in [1.54, 1.807) is 36.5 Å². The maximum Gasteiger partial charge on any atom is 0.262 e. The highest BCUT2D eigenvalue weighted by molar-refractivity contribution is 6.31. The number of hydrogen-bond acceptors (Lipinski definition) is 7. The summed E-state index contributed by atoms with van der Waals surface area (Å²) in [6.45, 7) is -0.341. The van der Waals surface area contributed by atoms with E-state index in [-0.39, 0.29) is 12.1 Å². The van der Waals surface area contributed by atoms with Crippen LogP contribution in [0.3, 0.4) is 0 Å². The molecule has 9 heteroatoms. The topological polar surface area (TPSA) is 125 Å². The minimum absolute atomic E-state index is 0.171. The maximum absolute atomic E-state index is 12.6. The zero-order valence-electron chi connectivity index (χ0n) is 15.2. The number of aromatic nitrogens is 1. The molecule has 1 aromatic carbocycles. The summed E-state index contributed by atoms with van der Waals surface area (Å²) < 4.78 is 12.3. The fourth-order valence-corrected chi connectivity index (χ4v) is 3.76. The Bertz CT molecular complexity index is 1080. The molecule has 0 aliphatic carbocycles. The molecule has 0 amide bonds. The molecule has 0 radical (unpaired) electrons. The van der Waals surface area contributed by atoms with Crippen LogP contribution in [0.25, 0.3) is 11.0 Å². The number of aliphatic hydroxyl groups excluding tert-OH is 4. The van der Waals surface area contributed by atoms with Crippen molar-refractivity contribution < 1.29 is 29.6 Å². The van der Waals surface area contributed by atoms with Crippen LogP contribution in [0.4, 0.5) is 0 Å². The molecular formula is C20H20ClNO7. The third-order valence-electron chi connectivity index (χ3n) is 5.22. The lowest BCUT2D eigenvalue weighted by Crippen LogP contribution is -2.55.